The minimum atomic E-state index is -0.326. The SMILES string of the molecule is CC(=O)OC(/C=C/c1cccc2ccccc12)=C1/C=Cc2ccccc21. The third-order valence-corrected chi connectivity index (χ3v) is 4.44. The molecule has 0 saturated heterocycles. The standard InChI is InChI=1S/C24H18O2/c1-17(25)26-24(23-15-13-20-8-3-5-12-22(20)23)16-14-19-10-6-9-18-7-2-4-11-21(18)19/h2-16H,1H3/b16-14+,24-23-. The van der Waals surface area contributed by atoms with Gasteiger partial charge in [0, 0.05) is 12.5 Å². The normalized spacial score (nSPS) is 14.7. The Kier molecular flexibility index (Phi) is 4.24. The predicted octanol–water partition coefficient (Wildman–Crippen LogP) is 5.85. The summed E-state index contributed by atoms with van der Waals surface area (Å²) in [6.45, 7) is 1.43. The van der Waals surface area contributed by atoms with Crippen LogP contribution in [0.5, 0.6) is 0 Å². The van der Waals surface area contributed by atoms with Crippen LogP contribution < -0.4 is 0 Å². The second kappa shape index (κ2) is 6.85. The number of allylic oxidation sites excluding steroid dienone is 3. The van der Waals surface area contributed by atoms with Crippen LogP contribution in [0.2, 0.25) is 0 Å². The fraction of sp³-hybridized carbons (Fsp3) is 0.0417. The molecule has 26 heavy (non-hydrogen) atoms. The van der Waals surface area contributed by atoms with E-state index in [1.165, 1.54) is 17.7 Å². The third kappa shape index (κ3) is 3.09. The van der Waals surface area contributed by atoms with Gasteiger partial charge in [-0.1, -0.05) is 78.9 Å². The first-order valence-corrected chi connectivity index (χ1v) is 8.58. The van der Waals surface area contributed by atoms with Gasteiger partial charge in [0.05, 0.1) is 0 Å². The molecule has 3 aromatic rings. The van der Waals surface area contributed by atoms with Crippen molar-refractivity contribution in [1.82, 2.24) is 0 Å². The smallest absolute Gasteiger partial charge is 0.308 e. The second-order valence-corrected chi connectivity index (χ2v) is 6.19. The van der Waals surface area contributed by atoms with Crippen LogP contribution >= 0.6 is 0 Å². The van der Waals surface area contributed by atoms with E-state index in [2.05, 4.69) is 30.3 Å². The Morgan fingerprint density at radius 3 is 2.54 bits per heavy atom. The number of rotatable bonds is 3. The molecule has 0 fully saturated rings. The quantitative estimate of drug-likeness (QED) is 0.442. The summed E-state index contributed by atoms with van der Waals surface area (Å²) in [5.41, 5.74) is 4.22. The zero-order valence-electron chi connectivity index (χ0n) is 14.5. The van der Waals surface area contributed by atoms with E-state index in [1.807, 2.05) is 60.7 Å². The topological polar surface area (TPSA) is 26.3 Å². The van der Waals surface area contributed by atoms with E-state index in [-0.39, 0.29) is 5.97 Å². The van der Waals surface area contributed by atoms with Gasteiger partial charge < -0.3 is 4.74 Å². The summed E-state index contributed by atoms with van der Waals surface area (Å²) in [5, 5.41) is 2.35. The van der Waals surface area contributed by atoms with Crippen LogP contribution in [0.15, 0.2) is 84.6 Å². The Balaban J connectivity index is 1.80. The number of hydrogen-bond donors (Lipinski definition) is 0. The van der Waals surface area contributed by atoms with Gasteiger partial charge in [0.25, 0.3) is 0 Å². The second-order valence-electron chi connectivity index (χ2n) is 6.19. The molecule has 2 nitrogen and oxygen atoms in total. The van der Waals surface area contributed by atoms with Crippen molar-refractivity contribution in [2.45, 2.75) is 6.92 Å². The zero-order valence-corrected chi connectivity index (χ0v) is 14.5. The molecule has 0 amide bonds. The summed E-state index contributed by atoms with van der Waals surface area (Å²) < 4.78 is 5.53. The van der Waals surface area contributed by atoms with Crippen LogP contribution in [0.3, 0.4) is 0 Å². The Morgan fingerprint density at radius 2 is 1.65 bits per heavy atom. The van der Waals surface area contributed by atoms with E-state index in [0.717, 1.165) is 22.3 Å². The molecule has 4 rings (SSSR count). The van der Waals surface area contributed by atoms with E-state index in [1.54, 1.807) is 0 Å². The molecule has 0 aromatic heterocycles. The summed E-state index contributed by atoms with van der Waals surface area (Å²) in [4.78, 5) is 11.6. The largest absolute Gasteiger partial charge is 0.426 e. The molecule has 3 aromatic carbocycles. The van der Waals surface area contributed by atoms with Gasteiger partial charge in [-0.05, 0) is 39.6 Å². The van der Waals surface area contributed by atoms with Crippen molar-refractivity contribution < 1.29 is 9.53 Å². The molecule has 1 aliphatic rings. The molecule has 0 saturated carbocycles. The van der Waals surface area contributed by atoms with Crippen LogP contribution in [-0.2, 0) is 9.53 Å². The number of fused-ring (bicyclic) bond motifs is 2. The molecule has 0 N–H and O–H groups in total. The van der Waals surface area contributed by atoms with Crippen molar-refractivity contribution in [2.24, 2.45) is 0 Å². The minimum Gasteiger partial charge on any atom is -0.426 e. The first-order valence-electron chi connectivity index (χ1n) is 8.58. The minimum absolute atomic E-state index is 0.326. The van der Waals surface area contributed by atoms with E-state index >= 15 is 0 Å². The van der Waals surface area contributed by atoms with Gasteiger partial charge in [-0.15, -0.1) is 0 Å². The third-order valence-electron chi connectivity index (χ3n) is 4.44. The van der Waals surface area contributed by atoms with Gasteiger partial charge in [0.2, 0.25) is 0 Å². The van der Waals surface area contributed by atoms with Gasteiger partial charge >= 0.3 is 5.97 Å². The average molecular weight is 338 g/mol. The van der Waals surface area contributed by atoms with Gasteiger partial charge in [0.1, 0.15) is 5.76 Å². The van der Waals surface area contributed by atoms with Crippen LogP contribution in [0.1, 0.15) is 23.6 Å². The lowest BCUT2D eigenvalue weighted by molar-refractivity contribution is -0.136. The van der Waals surface area contributed by atoms with Gasteiger partial charge in [-0.25, -0.2) is 0 Å². The number of benzene rings is 3. The fourth-order valence-electron chi connectivity index (χ4n) is 3.26. The lowest BCUT2D eigenvalue weighted by Crippen LogP contribution is -1.99. The lowest BCUT2D eigenvalue weighted by Gasteiger charge is -2.08. The van der Waals surface area contributed by atoms with Gasteiger partial charge in [0.15, 0.2) is 0 Å². The molecule has 126 valence electrons. The summed E-state index contributed by atoms with van der Waals surface area (Å²) in [5.74, 6) is 0.236. The van der Waals surface area contributed by atoms with Gasteiger partial charge in [-0.2, -0.15) is 0 Å². The molecular weight excluding hydrogens is 320 g/mol. The molecule has 0 aliphatic heterocycles. The number of hydrogen-bond acceptors (Lipinski definition) is 2. The summed E-state index contributed by atoms with van der Waals surface area (Å²) >= 11 is 0. The first kappa shape index (κ1) is 16.1. The van der Waals surface area contributed by atoms with E-state index in [0.29, 0.717) is 5.76 Å². The highest BCUT2D eigenvalue weighted by atomic mass is 16.5. The number of carbonyl (C=O) groups excluding carboxylic acids is 1. The highest BCUT2D eigenvalue weighted by Crippen LogP contribution is 2.32. The van der Waals surface area contributed by atoms with E-state index < -0.39 is 0 Å². The fourth-order valence-corrected chi connectivity index (χ4v) is 3.26. The average Bonchev–Trinajstić information content (AvgIpc) is 3.09. The van der Waals surface area contributed by atoms with Crippen molar-refractivity contribution in [3.05, 3.63) is 101 Å². The Bertz CT molecular complexity index is 1080. The molecular formula is C24H18O2. The highest BCUT2D eigenvalue weighted by Gasteiger charge is 2.15. The van der Waals surface area contributed by atoms with E-state index in [9.17, 15) is 4.79 Å². The van der Waals surface area contributed by atoms with Gasteiger partial charge in [-0.3, -0.25) is 4.79 Å². The molecule has 0 bridgehead atoms. The maximum absolute atomic E-state index is 11.6. The molecule has 2 heteroatoms. The molecule has 0 spiro atoms. The summed E-state index contributed by atoms with van der Waals surface area (Å²) in [6.07, 6.45) is 7.92. The van der Waals surface area contributed by atoms with Crippen molar-refractivity contribution >= 4 is 34.5 Å². The maximum atomic E-state index is 11.6. The van der Waals surface area contributed by atoms with Crippen LogP contribution in [0, 0.1) is 0 Å². The number of carbonyl (C=O) groups is 1. The van der Waals surface area contributed by atoms with Crippen molar-refractivity contribution in [3.63, 3.8) is 0 Å². The number of esters is 1. The van der Waals surface area contributed by atoms with Crippen LogP contribution in [0.25, 0.3) is 28.5 Å². The maximum Gasteiger partial charge on any atom is 0.308 e. The molecule has 0 heterocycles. The predicted molar refractivity (Wildman–Crippen MR) is 107 cm³/mol. The van der Waals surface area contributed by atoms with E-state index in [4.69, 9.17) is 4.74 Å². The molecule has 0 radical (unpaired) electrons. The lowest BCUT2D eigenvalue weighted by atomic mass is 10.0. The Labute approximate surface area is 152 Å². The van der Waals surface area contributed by atoms with Crippen molar-refractivity contribution in [2.75, 3.05) is 0 Å². The van der Waals surface area contributed by atoms with Crippen molar-refractivity contribution in [3.8, 4) is 0 Å². The molecule has 1 aliphatic carbocycles. The molecule has 0 atom stereocenters. The molecule has 0 unspecified atom stereocenters. The van der Waals surface area contributed by atoms with Crippen molar-refractivity contribution in [1.29, 1.82) is 0 Å². The Hall–Kier alpha value is -3.39. The number of ether oxygens (including phenoxy) is 1. The Morgan fingerprint density at radius 1 is 0.885 bits per heavy atom. The zero-order chi connectivity index (χ0) is 17.9. The summed E-state index contributed by atoms with van der Waals surface area (Å²) in [6, 6.07) is 22.5. The highest BCUT2D eigenvalue weighted by molar-refractivity contribution is 5.94. The monoisotopic (exact) mass is 338 g/mol. The summed E-state index contributed by atoms with van der Waals surface area (Å²) in [7, 11) is 0. The van der Waals surface area contributed by atoms with Crippen LogP contribution in [-0.4, -0.2) is 5.97 Å². The first-order chi connectivity index (χ1) is 12.7. The van der Waals surface area contributed by atoms with Crippen LogP contribution in [0.4, 0.5) is 0 Å².